The number of thioether (sulfide) groups is 1. The predicted octanol–water partition coefficient (Wildman–Crippen LogP) is -0.673. The molecule has 0 saturated carbocycles. The second kappa shape index (κ2) is 3.90. The number of carboxylic acids is 1. The van der Waals surface area contributed by atoms with E-state index >= 15 is 0 Å². The quantitative estimate of drug-likeness (QED) is 0.508. The lowest BCUT2D eigenvalue weighted by molar-refractivity contribution is -0.193. The van der Waals surface area contributed by atoms with E-state index in [1.54, 1.807) is 0 Å². The Bertz CT molecular complexity index is 336. The number of fused-ring (bicyclic) bond motifs is 1. The van der Waals surface area contributed by atoms with Crippen LogP contribution in [0.3, 0.4) is 0 Å². The lowest BCUT2D eigenvalue weighted by atomic mass is 9.87. The highest BCUT2D eigenvalue weighted by Gasteiger charge is 2.55. The Morgan fingerprint density at radius 3 is 2.94 bits per heavy atom. The minimum Gasteiger partial charge on any atom is -0.481 e. The third kappa shape index (κ3) is 1.50. The smallest absolute Gasteiger partial charge is 0.317 e. The Hall–Kier alpha value is -0.790. The highest BCUT2D eigenvalue weighted by Crippen LogP contribution is 2.43. The SMILES string of the molecule is COC(O)C1(C(=O)O)CS[C@@H]2CC(=O)N2C1. The zero-order chi connectivity index (χ0) is 11.9. The van der Waals surface area contributed by atoms with Gasteiger partial charge in [-0.3, -0.25) is 9.59 Å². The van der Waals surface area contributed by atoms with Gasteiger partial charge in [-0.1, -0.05) is 0 Å². The van der Waals surface area contributed by atoms with Crippen molar-refractivity contribution in [3.05, 3.63) is 0 Å². The van der Waals surface area contributed by atoms with Crippen molar-refractivity contribution in [2.45, 2.75) is 18.1 Å². The lowest BCUT2D eigenvalue weighted by Crippen LogP contribution is -2.64. The molecule has 1 amide bonds. The Labute approximate surface area is 96.6 Å². The standard InChI is InChI=1S/C9H13NO5S/c1-15-8(14)9(7(12)13)3-10-5(11)2-6(10)16-4-9/h6,8,14H,2-4H2,1H3,(H,12,13)/t6-,8?,9?/m1/s1. The molecule has 0 spiro atoms. The molecule has 2 rings (SSSR count). The largest absolute Gasteiger partial charge is 0.481 e. The van der Waals surface area contributed by atoms with Gasteiger partial charge in [0.2, 0.25) is 5.91 Å². The normalized spacial score (nSPS) is 35.2. The first kappa shape index (κ1) is 11.7. The summed E-state index contributed by atoms with van der Waals surface area (Å²) in [4.78, 5) is 24.0. The molecular formula is C9H13NO5S. The molecule has 2 fully saturated rings. The van der Waals surface area contributed by atoms with Gasteiger partial charge in [-0.25, -0.2) is 0 Å². The van der Waals surface area contributed by atoms with Crippen molar-refractivity contribution >= 4 is 23.6 Å². The molecule has 0 aromatic heterocycles. The number of aliphatic carboxylic acids is 1. The number of hydrogen-bond acceptors (Lipinski definition) is 5. The Balaban J connectivity index is 2.21. The summed E-state index contributed by atoms with van der Waals surface area (Å²) in [7, 11) is 1.25. The molecule has 2 saturated heterocycles. The summed E-state index contributed by atoms with van der Waals surface area (Å²) in [6.45, 7) is 0.0217. The number of nitrogens with zero attached hydrogens (tertiary/aromatic N) is 1. The first-order chi connectivity index (χ1) is 7.51. The van der Waals surface area contributed by atoms with Crippen LogP contribution in [0.4, 0.5) is 0 Å². The summed E-state index contributed by atoms with van der Waals surface area (Å²) in [5, 5.41) is 19.0. The molecule has 2 heterocycles. The van der Waals surface area contributed by atoms with Crippen molar-refractivity contribution in [1.29, 1.82) is 0 Å². The molecule has 0 aliphatic carbocycles. The number of carboxylic acid groups (broad SMARTS) is 1. The first-order valence-corrected chi connectivity index (χ1v) is 5.91. The van der Waals surface area contributed by atoms with E-state index in [4.69, 9.17) is 4.74 Å². The van der Waals surface area contributed by atoms with Crippen molar-refractivity contribution in [2.75, 3.05) is 19.4 Å². The van der Waals surface area contributed by atoms with Gasteiger partial charge in [0, 0.05) is 19.4 Å². The van der Waals surface area contributed by atoms with Gasteiger partial charge in [0.15, 0.2) is 6.29 Å². The number of hydrogen-bond donors (Lipinski definition) is 2. The number of β-lactam (4-membered cyclic amide) rings is 1. The molecule has 3 atom stereocenters. The average molecular weight is 247 g/mol. The Morgan fingerprint density at radius 1 is 1.75 bits per heavy atom. The number of amides is 1. The molecule has 0 aromatic carbocycles. The molecule has 0 aromatic rings. The zero-order valence-corrected chi connectivity index (χ0v) is 9.57. The van der Waals surface area contributed by atoms with Gasteiger partial charge >= 0.3 is 5.97 Å². The van der Waals surface area contributed by atoms with Gasteiger partial charge in [-0.2, -0.15) is 0 Å². The van der Waals surface area contributed by atoms with Crippen LogP contribution in [0.1, 0.15) is 6.42 Å². The molecule has 0 radical (unpaired) electrons. The van der Waals surface area contributed by atoms with Crippen molar-refractivity contribution < 1.29 is 24.5 Å². The van der Waals surface area contributed by atoms with Crippen LogP contribution in [0.25, 0.3) is 0 Å². The third-order valence-corrected chi connectivity index (χ3v) is 4.61. The predicted molar refractivity (Wildman–Crippen MR) is 55.7 cm³/mol. The molecular weight excluding hydrogens is 234 g/mol. The minimum absolute atomic E-state index is 0.0217. The van der Waals surface area contributed by atoms with E-state index in [1.165, 1.54) is 23.8 Å². The zero-order valence-electron chi connectivity index (χ0n) is 8.75. The third-order valence-electron chi connectivity index (χ3n) is 3.12. The van der Waals surface area contributed by atoms with Crippen molar-refractivity contribution in [3.63, 3.8) is 0 Å². The molecule has 16 heavy (non-hydrogen) atoms. The number of ether oxygens (including phenoxy) is 1. The van der Waals surface area contributed by atoms with Gasteiger partial charge in [-0.15, -0.1) is 11.8 Å². The fourth-order valence-electron chi connectivity index (χ4n) is 1.97. The van der Waals surface area contributed by atoms with E-state index in [0.29, 0.717) is 6.42 Å². The van der Waals surface area contributed by atoms with Gasteiger partial charge in [0.25, 0.3) is 0 Å². The summed E-state index contributed by atoms with van der Waals surface area (Å²) in [6, 6.07) is 0. The average Bonchev–Trinajstić information content (AvgIpc) is 2.26. The Morgan fingerprint density at radius 2 is 2.44 bits per heavy atom. The maximum Gasteiger partial charge on any atom is 0.317 e. The van der Waals surface area contributed by atoms with E-state index in [1.807, 2.05) is 0 Å². The first-order valence-electron chi connectivity index (χ1n) is 4.86. The highest BCUT2D eigenvalue weighted by molar-refractivity contribution is 8.00. The number of carbonyl (C=O) groups excluding carboxylic acids is 1. The fraction of sp³-hybridized carbons (Fsp3) is 0.778. The molecule has 0 bridgehead atoms. The van der Waals surface area contributed by atoms with Crippen LogP contribution in [-0.2, 0) is 14.3 Å². The molecule has 6 nitrogen and oxygen atoms in total. The Kier molecular flexibility index (Phi) is 2.85. The van der Waals surface area contributed by atoms with Gasteiger partial charge in [0.05, 0.1) is 11.8 Å². The van der Waals surface area contributed by atoms with Crippen molar-refractivity contribution in [3.8, 4) is 0 Å². The highest BCUT2D eigenvalue weighted by atomic mass is 32.2. The van der Waals surface area contributed by atoms with Gasteiger partial charge in [-0.05, 0) is 0 Å². The van der Waals surface area contributed by atoms with Gasteiger partial charge < -0.3 is 19.8 Å². The molecule has 7 heteroatoms. The summed E-state index contributed by atoms with van der Waals surface area (Å²) in [5.41, 5.74) is -1.41. The van der Waals surface area contributed by atoms with Crippen LogP contribution >= 0.6 is 11.8 Å². The van der Waals surface area contributed by atoms with Crippen LogP contribution in [0.2, 0.25) is 0 Å². The fourth-order valence-corrected chi connectivity index (χ4v) is 3.45. The second-order valence-corrected chi connectivity index (χ2v) is 5.21. The van der Waals surface area contributed by atoms with Crippen LogP contribution in [0.5, 0.6) is 0 Å². The maximum atomic E-state index is 11.3. The van der Waals surface area contributed by atoms with Crippen LogP contribution < -0.4 is 0 Å². The van der Waals surface area contributed by atoms with E-state index < -0.39 is 17.7 Å². The number of aliphatic hydroxyl groups excluding tert-OH is 1. The van der Waals surface area contributed by atoms with Gasteiger partial charge in [0.1, 0.15) is 5.41 Å². The van der Waals surface area contributed by atoms with E-state index in [2.05, 4.69) is 0 Å². The summed E-state index contributed by atoms with van der Waals surface area (Å²) in [6.07, 6.45) is -0.935. The van der Waals surface area contributed by atoms with Crippen LogP contribution in [-0.4, -0.2) is 58.1 Å². The van der Waals surface area contributed by atoms with E-state index in [9.17, 15) is 19.8 Å². The summed E-state index contributed by atoms with van der Waals surface area (Å²) in [5.74, 6) is -0.940. The summed E-state index contributed by atoms with van der Waals surface area (Å²) < 4.78 is 4.72. The minimum atomic E-state index is -1.41. The van der Waals surface area contributed by atoms with Crippen molar-refractivity contribution in [1.82, 2.24) is 4.90 Å². The van der Waals surface area contributed by atoms with Crippen LogP contribution in [0, 0.1) is 5.41 Å². The van der Waals surface area contributed by atoms with E-state index in [-0.39, 0.29) is 23.6 Å². The molecule has 2 N–H and O–H groups in total. The topological polar surface area (TPSA) is 87.1 Å². The maximum absolute atomic E-state index is 11.3. The molecule has 90 valence electrons. The monoisotopic (exact) mass is 247 g/mol. The molecule has 2 aliphatic heterocycles. The number of rotatable bonds is 3. The lowest BCUT2D eigenvalue weighted by Gasteiger charge is -2.50. The second-order valence-electron chi connectivity index (χ2n) is 4.04. The van der Waals surface area contributed by atoms with E-state index in [0.717, 1.165) is 0 Å². The summed E-state index contributed by atoms with van der Waals surface area (Å²) >= 11 is 1.38. The van der Waals surface area contributed by atoms with Crippen molar-refractivity contribution in [2.24, 2.45) is 5.41 Å². The number of methoxy groups -OCH3 is 1. The van der Waals surface area contributed by atoms with Crippen LogP contribution in [0.15, 0.2) is 0 Å². The molecule has 2 unspecified atom stereocenters. The number of aliphatic hydroxyl groups is 1. The molecule has 2 aliphatic rings. The number of carbonyl (C=O) groups is 2.